The predicted molar refractivity (Wildman–Crippen MR) is 62.9 cm³/mol. The van der Waals surface area contributed by atoms with Crippen molar-refractivity contribution in [2.24, 2.45) is 10.4 Å². The third-order valence-electron chi connectivity index (χ3n) is 2.11. The zero-order chi connectivity index (χ0) is 11.6. The van der Waals surface area contributed by atoms with Crippen LogP contribution in [0, 0.1) is 5.41 Å². The van der Waals surface area contributed by atoms with Gasteiger partial charge in [0.1, 0.15) is 0 Å². The van der Waals surface area contributed by atoms with E-state index in [9.17, 15) is 0 Å². The molecule has 1 aromatic rings. The lowest BCUT2D eigenvalue weighted by Crippen LogP contribution is -2.21. The second kappa shape index (κ2) is 3.88. The minimum Gasteiger partial charge on any atom is -0.380 e. The van der Waals surface area contributed by atoms with Gasteiger partial charge in [-0.15, -0.1) is 0 Å². The van der Waals surface area contributed by atoms with Crippen LogP contribution in [0.25, 0.3) is 6.08 Å². The third-order valence-corrected chi connectivity index (χ3v) is 2.11. The van der Waals surface area contributed by atoms with Gasteiger partial charge in [0.05, 0.1) is 11.3 Å². The van der Waals surface area contributed by atoms with Gasteiger partial charge < -0.3 is 10.3 Å². The summed E-state index contributed by atoms with van der Waals surface area (Å²) in [6, 6.07) is 0. The highest BCUT2D eigenvalue weighted by Gasteiger charge is 2.26. The van der Waals surface area contributed by atoms with Gasteiger partial charge in [-0.25, -0.2) is 0 Å². The van der Waals surface area contributed by atoms with Gasteiger partial charge in [-0.3, -0.25) is 4.99 Å². The number of aromatic nitrogens is 1. The number of aliphatic imine (C=N–C) groups is 1. The first-order chi connectivity index (χ1) is 6.91. The van der Waals surface area contributed by atoms with Crippen LogP contribution in [0.2, 0.25) is 0 Å². The molecule has 4 nitrogen and oxygen atoms in total. The monoisotopic (exact) mass is 207 g/mol. The van der Waals surface area contributed by atoms with Gasteiger partial charge >= 0.3 is 0 Å². The summed E-state index contributed by atoms with van der Waals surface area (Å²) in [6.45, 7) is 9.86. The summed E-state index contributed by atoms with van der Waals surface area (Å²) in [5, 5.41) is 3.72. The molecule has 4 heteroatoms. The average molecular weight is 207 g/mol. The Morgan fingerprint density at radius 3 is 2.53 bits per heavy atom. The predicted octanol–water partition coefficient (Wildman–Crippen LogP) is 2.36. The number of nitrogens with two attached hydrogens (primary N) is 1. The highest BCUT2D eigenvalue weighted by atomic mass is 16.5. The first kappa shape index (κ1) is 11.5. The molecule has 0 unspecified atom stereocenters. The molecular formula is C11H17N3O. The Balaban J connectivity index is 3.32. The molecule has 0 spiro atoms. The fourth-order valence-corrected chi connectivity index (χ4v) is 1.46. The molecule has 0 atom stereocenters. The Hall–Kier alpha value is -1.58. The van der Waals surface area contributed by atoms with Crippen LogP contribution in [-0.2, 0) is 0 Å². The molecule has 0 aromatic carbocycles. The van der Waals surface area contributed by atoms with Crippen LogP contribution in [0.15, 0.2) is 16.1 Å². The summed E-state index contributed by atoms with van der Waals surface area (Å²) in [5.41, 5.74) is 7.09. The van der Waals surface area contributed by atoms with Crippen molar-refractivity contribution in [3.05, 3.63) is 17.9 Å². The topological polar surface area (TPSA) is 64.4 Å². The van der Waals surface area contributed by atoms with Crippen molar-refractivity contribution in [1.29, 1.82) is 0 Å². The van der Waals surface area contributed by atoms with E-state index in [-0.39, 0.29) is 5.41 Å². The number of hydrogen-bond donors (Lipinski definition) is 1. The van der Waals surface area contributed by atoms with E-state index in [1.54, 1.807) is 13.1 Å². The van der Waals surface area contributed by atoms with Gasteiger partial charge in [0, 0.05) is 12.5 Å². The highest BCUT2D eigenvalue weighted by molar-refractivity contribution is 6.05. The zero-order valence-electron chi connectivity index (χ0n) is 9.66. The number of hydrogen-bond acceptors (Lipinski definition) is 4. The van der Waals surface area contributed by atoms with Crippen LogP contribution in [-0.4, -0.2) is 17.9 Å². The van der Waals surface area contributed by atoms with Crippen LogP contribution >= 0.6 is 0 Å². The summed E-state index contributed by atoms with van der Waals surface area (Å²) in [7, 11) is 1.73. The normalized spacial score (nSPS) is 12.9. The molecule has 1 heterocycles. The molecule has 0 aliphatic rings. The molecule has 0 amide bonds. The van der Waals surface area contributed by atoms with E-state index in [1.165, 1.54) is 0 Å². The van der Waals surface area contributed by atoms with Crippen LogP contribution in [0.1, 0.15) is 32.1 Å². The Morgan fingerprint density at radius 2 is 2.13 bits per heavy atom. The van der Waals surface area contributed by atoms with Crippen molar-refractivity contribution in [3.8, 4) is 0 Å². The van der Waals surface area contributed by atoms with E-state index in [4.69, 9.17) is 10.3 Å². The standard InChI is InChI=1S/C11H17N3O/c1-6-7-8(15-14-10(7)12)9(13-5)11(2,3)4/h6H,1H2,2-5H3,(H2,12,14)/b13-9+. The summed E-state index contributed by atoms with van der Waals surface area (Å²) in [4.78, 5) is 4.23. The molecule has 15 heavy (non-hydrogen) atoms. The molecule has 2 N–H and O–H groups in total. The summed E-state index contributed by atoms with van der Waals surface area (Å²) < 4.78 is 5.19. The molecular weight excluding hydrogens is 190 g/mol. The Labute approximate surface area is 89.9 Å². The van der Waals surface area contributed by atoms with Gasteiger partial charge in [-0.2, -0.15) is 0 Å². The number of rotatable bonds is 2. The van der Waals surface area contributed by atoms with E-state index in [0.29, 0.717) is 17.1 Å². The van der Waals surface area contributed by atoms with Gasteiger partial charge in [0.15, 0.2) is 11.6 Å². The molecule has 0 saturated carbocycles. The molecule has 1 aromatic heterocycles. The van der Waals surface area contributed by atoms with Crippen LogP contribution in [0.5, 0.6) is 0 Å². The zero-order valence-corrected chi connectivity index (χ0v) is 9.66. The summed E-state index contributed by atoms with van der Waals surface area (Å²) >= 11 is 0. The fourth-order valence-electron chi connectivity index (χ4n) is 1.46. The van der Waals surface area contributed by atoms with Crippen molar-refractivity contribution in [2.45, 2.75) is 20.8 Å². The maximum atomic E-state index is 5.66. The lowest BCUT2D eigenvalue weighted by Gasteiger charge is -2.19. The summed E-state index contributed by atoms with van der Waals surface area (Å²) in [5.74, 6) is 0.961. The SMILES string of the molecule is C=Cc1c(N)noc1/C(=N\C)C(C)(C)C. The lowest BCUT2D eigenvalue weighted by molar-refractivity contribution is 0.408. The van der Waals surface area contributed by atoms with E-state index in [0.717, 1.165) is 5.71 Å². The maximum absolute atomic E-state index is 5.66. The Bertz CT molecular complexity index is 396. The van der Waals surface area contributed by atoms with Crippen LogP contribution in [0.4, 0.5) is 5.82 Å². The second-order valence-electron chi connectivity index (χ2n) is 4.34. The highest BCUT2D eigenvalue weighted by Crippen LogP contribution is 2.27. The first-order valence-corrected chi connectivity index (χ1v) is 4.77. The molecule has 0 saturated heterocycles. The van der Waals surface area contributed by atoms with Crippen LogP contribution in [0.3, 0.4) is 0 Å². The van der Waals surface area contributed by atoms with Crippen molar-refractivity contribution in [1.82, 2.24) is 5.16 Å². The molecule has 0 aliphatic heterocycles. The Morgan fingerprint density at radius 1 is 1.53 bits per heavy atom. The van der Waals surface area contributed by atoms with Gasteiger partial charge in [-0.05, 0) is 0 Å². The van der Waals surface area contributed by atoms with E-state index >= 15 is 0 Å². The van der Waals surface area contributed by atoms with Crippen LogP contribution < -0.4 is 5.73 Å². The van der Waals surface area contributed by atoms with Gasteiger partial charge in [0.2, 0.25) is 0 Å². The number of nitrogens with zero attached hydrogens (tertiary/aromatic N) is 2. The van der Waals surface area contributed by atoms with E-state index in [1.807, 2.05) is 0 Å². The molecule has 1 rings (SSSR count). The number of anilines is 1. The third kappa shape index (κ3) is 2.09. The van der Waals surface area contributed by atoms with Crippen molar-refractivity contribution >= 4 is 17.6 Å². The minimum absolute atomic E-state index is 0.113. The average Bonchev–Trinajstić information content (AvgIpc) is 2.46. The second-order valence-corrected chi connectivity index (χ2v) is 4.34. The number of nitrogen functional groups attached to an aromatic ring is 1. The summed E-state index contributed by atoms with van der Waals surface area (Å²) in [6.07, 6.45) is 1.64. The molecule has 0 fully saturated rings. The smallest absolute Gasteiger partial charge is 0.190 e. The van der Waals surface area contributed by atoms with Crippen molar-refractivity contribution in [3.63, 3.8) is 0 Å². The quantitative estimate of drug-likeness (QED) is 0.757. The molecule has 0 aliphatic carbocycles. The van der Waals surface area contributed by atoms with Gasteiger partial charge in [-0.1, -0.05) is 38.6 Å². The van der Waals surface area contributed by atoms with Gasteiger partial charge in [0.25, 0.3) is 0 Å². The minimum atomic E-state index is -0.113. The largest absolute Gasteiger partial charge is 0.380 e. The fraction of sp³-hybridized carbons (Fsp3) is 0.455. The van der Waals surface area contributed by atoms with Crippen molar-refractivity contribution < 1.29 is 4.52 Å². The first-order valence-electron chi connectivity index (χ1n) is 4.77. The molecule has 82 valence electrons. The van der Waals surface area contributed by atoms with E-state index < -0.39 is 0 Å². The van der Waals surface area contributed by atoms with E-state index in [2.05, 4.69) is 37.5 Å². The lowest BCUT2D eigenvalue weighted by atomic mass is 9.87. The Kier molecular flexibility index (Phi) is 2.98. The van der Waals surface area contributed by atoms with Crippen molar-refractivity contribution in [2.75, 3.05) is 12.8 Å². The maximum Gasteiger partial charge on any atom is 0.190 e. The molecule has 0 bridgehead atoms. The molecule has 0 radical (unpaired) electrons.